The van der Waals surface area contributed by atoms with E-state index in [4.69, 9.17) is 32.3 Å². The summed E-state index contributed by atoms with van der Waals surface area (Å²) in [6.45, 7) is 12.5. The standard InChI is InChI=1S/C43H59FN4O13P2/c1-9-57-62(53,58-10-2)41(63(54,59-11-3)60-12-4)27-15-17-29(18-16-27)45-35(49)26-56-40(51)32-24-48(30-19-20-30)36-31(38(32)50)22-33(44)37(39(36)55-8)46-23-28-14-13-21-47(34(28)25-46)42(52)61-43(5,6)7/h15-18,22,24,28,30,34,41H,9-14,19-21,23,25-26H2,1-8H3,(H,45,49)/t28-,34+/m0/s1. The van der Waals surface area contributed by atoms with E-state index in [-0.39, 0.29) is 78.1 Å². The van der Waals surface area contributed by atoms with E-state index in [1.165, 1.54) is 37.6 Å². The number of methoxy groups -OCH3 is 1. The first-order chi connectivity index (χ1) is 29.9. The molecule has 3 heterocycles. The van der Waals surface area contributed by atoms with Crippen molar-refractivity contribution in [3.63, 3.8) is 0 Å². The van der Waals surface area contributed by atoms with Crippen LogP contribution in [0, 0.1) is 11.7 Å². The fraction of sp³-hybridized carbons (Fsp3) is 0.581. The van der Waals surface area contributed by atoms with E-state index in [1.54, 1.807) is 37.2 Å². The third kappa shape index (κ3) is 10.5. The molecule has 2 amide bonds. The number of nitrogens with zero attached hydrogens (tertiary/aromatic N) is 3. The van der Waals surface area contributed by atoms with Crippen LogP contribution >= 0.6 is 15.2 Å². The number of carbonyl (C=O) groups excluding carboxylic acids is 3. The second-order valence-electron chi connectivity index (χ2n) is 16.6. The first-order valence-electron chi connectivity index (χ1n) is 21.5. The molecule has 3 aromatic rings. The summed E-state index contributed by atoms with van der Waals surface area (Å²) in [5.74, 6) is -2.33. The molecule has 2 aliphatic heterocycles. The highest BCUT2D eigenvalue weighted by Gasteiger charge is 2.52. The summed E-state index contributed by atoms with van der Waals surface area (Å²) in [5, 5.41) is 1.09. The summed E-state index contributed by atoms with van der Waals surface area (Å²) in [6.07, 6.45) is 4.09. The number of fused-ring (bicyclic) bond motifs is 2. The molecule has 1 N–H and O–H groups in total. The van der Waals surface area contributed by atoms with Crippen molar-refractivity contribution >= 4 is 55.4 Å². The number of piperidine rings is 1. The summed E-state index contributed by atoms with van der Waals surface area (Å²) >= 11 is 0. The monoisotopic (exact) mass is 920 g/mol. The quantitative estimate of drug-likeness (QED) is 0.0942. The van der Waals surface area contributed by atoms with Crippen molar-refractivity contribution in [1.29, 1.82) is 0 Å². The minimum absolute atomic E-state index is 0.00306. The number of anilines is 2. The van der Waals surface area contributed by atoms with Crippen LogP contribution in [0.4, 0.5) is 20.6 Å². The summed E-state index contributed by atoms with van der Waals surface area (Å²) in [7, 11) is -6.82. The number of hydrogen-bond donors (Lipinski definition) is 1. The Hall–Kier alpha value is -4.31. The molecular formula is C43H59FN4O13P2. The predicted molar refractivity (Wildman–Crippen MR) is 234 cm³/mol. The molecule has 346 valence electrons. The minimum atomic E-state index is -4.11. The fourth-order valence-corrected chi connectivity index (χ4v) is 13.8. The molecule has 1 saturated carbocycles. The molecule has 0 bridgehead atoms. The maximum Gasteiger partial charge on any atom is 0.410 e. The summed E-state index contributed by atoms with van der Waals surface area (Å²) in [4.78, 5) is 57.4. The first kappa shape index (κ1) is 48.2. The van der Waals surface area contributed by atoms with Crippen LogP contribution in [0.25, 0.3) is 10.9 Å². The van der Waals surface area contributed by atoms with Crippen LogP contribution in [0.5, 0.6) is 5.75 Å². The normalized spacial score (nSPS) is 18.1. The zero-order chi connectivity index (χ0) is 45.9. The van der Waals surface area contributed by atoms with Crippen LogP contribution in [0.1, 0.15) is 102 Å². The molecule has 2 atom stereocenters. The molecule has 1 aromatic heterocycles. The number of hydrogen-bond acceptors (Lipinski definition) is 14. The molecule has 2 saturated heterocycles. The molecule has 0 unspecified atom stereocenters. The van der Waals surface area contributed by atoms with Crippen LogP contribution in [0.15, 0.2) is 41.3 Å². The van der Waals surface area contributed by atoms with Gasteiger partial charge in [0.15, 0.2) is 23.6 Å². The van der Waals surface area contributed by atoms with Gasteiger partial charge in [-0.3, -0.25) is 18.7 Å². The number of amides is 2. The summed E-state index contributed by atoms with van der Waals surface area (Å²) in [6, 6.07) is 6.69. The Morgan fingerprint density at radius 3 is 2.05 bits per heavy atom. The van der Waals surface area contributed by atoms with E-state index < -0.39 is 62.0 Å². The lowest BCUT2D eigenvalue weighted by atomic mass is 9.92. The highest BCUT2D eigenvalue weighted by Crippen LogP contribution is 2.78. The SMILES string of the molecule is CCOP(=O)(OCC)C(c1ccc(NC(=O)COC(=O)c2cn(C3CC3)c3c(OC)c(N4C[C@@H]5CCCN(C(=O)OC(C)(C)C)[C@@H]5C4)c(F)cc3c2=O)cc1)P(=O)(OCC)OCC. The number of carbonyl (C=O) groups is 3. The van der Waals surface area contributed by atoms with Gasteiger partial charge in [-0.25, -0.2) is 14.0 Å². The van der Waals surface area contributed by atoms with Gasteiger partial charge in [-0.15, -0.1) is 0 Å². The topological polar surface area (TPSA) is 190 Å². The molecule has 17 nitrogen and oxygen atoms in total. The fourth-order valence-electron chi connectivity index (χ4n) is 8.39. The van der Waals surface area contributed by atoms with Crippen LogP contribution in [-0.2, 0) is 41.5 Å². The lowest BCUT2D eigenvalue weighted by Gasteiger charge is -2.37. The molecule has 0 spiro atoms. The van der Waals surface area contributed by atoms with Gasteiger partial charge in [-0.05, 0) is 104 Å². The van der Waals surface area contributed by atoms with Gasteiger partial charge in [-0.1, -0.05) is 12.1 Å². The molecule has 63 heavy (non-hydrogen) atoms. The van der Waals surface area contributed by atoms with Gasteiger partial charge >= 0.3 is 27.3 Å². The van der Waals surface area contributed by atoms with E-state index in [0.717, 1.165) is 31.7 Å². The van der Waals surface area contributed by atoms with Crippen molar-refractivity contribution in [2.45, 2.75) is 97.2 Å². The van der Waals surface area contributed by atoms with Gasteiger partial charge in [0.05, 0.1) is 50.5 Å². The Bertz CT molecular complexity index is 2280. The predicted octanol–water partition coefficient (Wildman–Crippen LogP) is 8.65. The van der Waals surface area contributed by atoms with E-state index in [0.29, 0.717) is 25.2 Å². The van der Waals surface area contributed by atoms with E-state index in [1.807, 2.05) is 25.7 Å². The Labute approximate surface area is 366 Å². The van der Waals surface area contributed by atoms with Gasteiger partial charge in [0, 0.05) is 37.6 Å². The molecule has 1 aliphatic carbocycles. The number of likely N-dealkylation sites (tertiary alicyclic amines) is 1. The molecular weight excluding hydrogens is 861 g/mol. The zero-order valence-corrected chi connectivity index (χ0v) is 39.0. The van der Waals surface area contributed by atoms with Gasteiger partial charge < -0.3 is 52.0 Å². The van der Waals surface area contributed by atoms with Crippen LogP contribution in [-0.4, -0.2) is 98.9 Å². The van der Waals surface area contributed by atoms with Crippen LogP contribution < -0.4 is 20.4 Å². The van der Waals surface area contributed by atoms with Crippen molar-refractivity contribution in [2.24, 2.45) is 5.92 Å². The number of nitrogens with one attached hydrogen (secondary N) is 1. The van der Waals surface area contributed by atoms with Crippen molar-refractivity contribution in [3.05, 3.63) is 63.7 Å². The number of aromatic nitrogens is 1. The highest BCUT2D eigenvalue weighted by molar-refractivity contribution is 7.72. The van der Waals surface area contributed by atoms with Crippen LogP contribution in [0.3, 0.4) is 0 Å². The summed E-state index contributed by atoms with van der Waals surface area (Å²) < 4.78 is 85.5. The van der Waals surface area contributed by atoms with Crippen molar-refractivity contribution in [1.82, 2.24) is 9.47 Å². The maximum absolute atomic E-state index is 16.4. The summed E-state index contributed by atoms with van der Waals surface area (Å²) in [5.41, 5.74) is -0.844. The Kier molecular flexibility index (Phi) is 15.2. The number of halogens is 1. The lowest BCUT2D eigenvalue weighted by Crippen LogP contribution is -2.50. The third-order valence-corrected chi connectivity index (χ3v) is 16.9. The molecule has 20 heteroatoms. The van der Waals surface area contributed by atoms with Crippen molar-refractivity contribution in [2.75, 3.05) is 70.0 Å². The average molecular weight is 921 g/mol. The average Bonchev–Trinajstić information content (AvgIpc) is 3.97. The Morgan fingerprint density at radius 2 is 1.51 bits per heavy atom. The van der Waals surface area contributed by atoms with Gasteiger partial charge in [0.25, 0.3) is 5.91 Å². The van der Waals surface area contributed by atoms with E-state index >= 15 is 4.39 Å². The Balaban J connectivity index is 1.21. The third-order valence-electron chi connectivity index (χ3n) is 10.9. The molecule has 6 rings (SSSR count). The van der Waals surface area contributed by atoms with E-state index in [2.05, 4.69) is 5.32 Å². The highest BCUT2D eigenvalue weighted by atomic mass is 31.2. The number of pyridine rings is 1. The number of rotatable bonds is 18. The van der Waals surface area contributed by atoms with Gasteiger partial charge in [-0.2, -0.15) is 0 Å². The van der Waals surface area contributed by atoms with Crippen molar-refractivity contribution < 1.29 is 60.2 Å². The maximum atomic E-state index is 16.4. The largest absolute Gasteiger partial charge is 0.492 e. The lowest BCUT2D eigenvalue weighted by molar-refractivity contribution is -0.119. The van der Waals surface area contributed by atoms with Gasteiger partial charge in [0.1, 0.15) is 16.9 Å². The molecule has 3 fully saturated rings. The molecule has 0 radical (unpaired) electrons. The number of esters is 1. The van der Waals surface area contributed by atoms with E-state index in [9.17, 15) is 28.3 Å². The second-order valence-corrected chi connectivity index (χ2v) is 21.2. The second kappa shape index (κ2) is 19.8. The first-order valence-corrected chi connectivity index (χ1v) is 24.7. The van der Waals surface area contributed by atoms with Crippen molar-refractivity contribution in [3.8, 4) is 5.75 Å². The minimum Gasteiger partial charge on any atom is -0.492 e. The molecule has 3 aliphatic rings. The number of benzene rings is 2. The molecule has 2 aromatic carbocycles. The Morgan fingerprint density at radius 1 is 0.905 bits per heavy atom. The van der Waals surface area contributed by atoms with Gasteiger partial charge in [0.2, 0.25) is 5.43 Å². The zero-order valence-electron chi connectivity index (χ0n) is 37.2. The smallest absolute Gasteiger partial charge is 0.410 e. The van der Waals surface area contributed by atoms with Crippen LogP contribution in [0.2, 0.25) is 0 Å². The number of ether oxygens (including phenoxy) is 3.